The smallest absolute Gasteiger partial charge is 0.407 e. The number of unbranched alkanes of at least 4 members (excludes halogenated alkanes) is 1. The SMILES string of the molecule is COc1cc(C(C)OC(=O)NCCN2C(=O)C=CC2=O)c([N+](=O)[O-])cc1OCCCC(=O)NCCOCCOCCOCCNC(=O)CCCC[C@@H]1SC[C@@H]2NC(=O)N[C@@H]21. The molecule has 60 heavy (non-hydrogen) atoms. The summed E-state index contributed by atoms with van der Waals surface area (Å²) in [7, 11) is 1.35. The molecule has 4 atom stereocenters. The van der Waals surface area contributed by atoms with Crippen molar-refractivity contribution in [2.75, 3.05) is 85.3 Å². The molecule has 4 rings (SSSR count). The van der Waals surface area contributed by atoms with E-state index in [0.29, 0.717) is 64.2 Å². The predicted molar refractivity (Wildman–Crippen MR) is 216 cm³/mol. The zero-order valence-corrected chi connectivity index (χ0v) is 34.7. The van der Waals surface area contributed by atoms with E-state index in [1.54, 1.807) is 0 Å². The van der Waals surface area contributed by atoms with Crippen LogP contribution in [0.15, 0.2) is 24.3 Å². The fourth-order valence-electron chi connectivity index (χ4n) is 6.44. The molecular formula is C38H55N7O14S. The number of hydrogen-bond donors (Lipinski definition) is 5. The van der Waals surface area contributed by atoms with Gasteiger partial charge in [0.05, 0.1) is 82.0 Å². The molecule has 0 radical (unpaired) electrons. The third kappa shape index (κ3) is 15.8. The third-order valence-electron chi connectivity index (χ3n) is 9.50. The van der Waals surface area contributed by atoms with Crippen LogP contribution in [-0.4, -0.2) is 148 Å². The maximum absolute atomic E-state index is 12.3. The molecule has 21 nitrogen and oxygen atoms in total. The summed E-state index contributed by atoms with van der Waals surface area (Å²) < 4.78 is 32.8. The standard InChI is InChI=1S/C38H55N7O14S/c1-25(59-38(51)41-11-14-44-34(48)9-10-35(44)49)26-22-29(54-2)30(23-28(26)45(52)53)58-15-5-8-33(47)40-13-17-56-19-21-57-20-18-55-16-12-39-32(46)7-4-3-6-31-36-27(24-60-31)42-37(50)43-36/h9-10,22-23,25,27,31,36H,3-8,11-21,24H2,1-2H3,(H,39,46)(H,40,47)(H,41,51)(H2,42,43,50)/t25?,27-,31-,36-/m0/s1. The van der Waals surface area contributed by atoms with Gasteiger partial charge in [0.15, 0.2) is 11.5 Å². The Morgan fingerprint density at radius 3 is 2.12 bits per heavy atom. The minimum absolute atomic E-state index is 0.00400. The lowest BCUT2D eigenvalue weighted by Crippen LogP contribution is -2.38. The largest absolute Gasteiger partial charge is 0.493 e. The van der Waals surface area contributed by atoms with E-state index in [1.807, 2.05) is 11.8 Å². The highest BCUT2D eigenvalue weighted by Gasteiger charge is 2.42. The number of hydrogen-bond acceptors (Lipinski definition) is 15. The minimum atomic E-state index is -1.08. The summed E-state index contributed by atoms with van der Waals surface area (Å²) in [4.78, 5) is 83.6. The summed E-state index contributed by atoms with van der Waals surface area (Å²) in [5.41, 5.74) is -0.336. The molecule has 3 heterocycles. The number of alkyl carbamates (subject to hydrolysis) is 1. The van der Waals surface area contributed by atoms with Crippen LogP contribution in [0.5, 0.6) is 11.5 Å². The third-order valence-corrected chi connectivity index (χ3v) is 11.0. The summed E-state index contributed by atoms with van der Waals surface area (Å²) in [5, 5.41) is 26.2. The highest BCUT2D eigenvalue weighted by atomic mass is 32.2. The number of imide groups is 1. The molecule has 2 fully saturated rings. The van der Waals surface area contributed by atoms with E-state index < -0.39 is 28.9 Å². The van der Waals surface area contributed by atoms with Gasteiger partial charge in [-0.05, 0) is 32.3 Å². The Balaban J connectivity index is 0.963. The Bertz CT molecular complexity index is 1670. The van der Waals surface area contributed by atoms with Crippen LogP contribution in [0.3, 0.4) is 0 Å². The molecule has 1 aromatic rings. The molecule has 0 saturated carbocycles. The number of amides is 7. The molecule has 3 aliphatic heterocycles. The number of nitrogens with zero attached hydrogens (tertiary/aromatic N) is 2. The summed E-state index contributed by atoms with van der Waals surface area (Å²) in [6.07, 6.45) is 3.87. The van der Waals surface area contributed by atoms with Crippen molar-refractivity contribution >= 4 is 53.2 Å². The highest BCUT2D eigenvalue weighted by Crippen LogP contribution is 2.38. The summed E-state index contributed by atoms with van der Waals surface area (Å²) in [5.74, 6) is -0.0683. The van der Waals surface area contributed by atoms with Gasteiger partial charge in [0.25, 0.3) is 17.5 Å². The van der Waals surface area contributed by atoms with Crippen LogP contribution in [0.25, 0.3) is 0 Å². The Labute approximate surface area is 351 Å². The van der Waals surface area contributed by atoms with E-state index in [9.17, 15) is 38.9 Å². The second kappa shape index (κ2) is 25.4. The average Bonchev–Trinajstić information content (AvgIpc) is 3.89. The van der Waals surface area contributed by atoms with Crippen LogP contribution in [0.1, 0.15) is 57.1 Å². The molecular weight excluding hydrogens is 811 g/mol. The normalized spacial score (nSPS) is 18.4. The van der Waals surface area contributed by atoms with Gasteiger partial charge in [-0.15, -0.1) is 0 Å². The first kappa shape index (κ1) is 47.5. The molecule has 0 bridgehead atoms. The number of fused-ring (bicyclic) bond motifs is 1. The number of nitro benzene ring substituents is 1. The van der Waals surface area contributed by atoms with Crippen molar-refractivity contribution in [2.24, 2.45) is 0 Å². The van der Waals surface area contributed by atoms with Gasteiger partial charge in [0.2, 0.25) is 11.8 Å². The highest BCUT2D eigenvalue weighted by molar-refractivity contribution is 8.00. The maximum Gasteiger partial charge on any atom is 0.407 e. The van der Waals surface area contributed by atoms with Crippen molar-refractivity contribution in [1.29, 1.82) is 0 Å². The van der Waals surface area contributed by atoms with Crippen molar-refractivity contribution in [3.05, 3.63) is 40.0 Å². The first-order chi connectivity index (χ1) is 29.0. The Hall–Kier alpha value is -5.19. The summed E-state index contributed by atoms with van der Waals surface area (Å²) in [6, 6.07) is 2.81. The number of carbonyl (C=O) groups excluding carboxylic acids is 6. The van der Waals surface area contributed by atoms with Gasteiger partial charge in [-0.2, -0.15) is 11.8 Å². The maximum atomic E-state index is 12.3. The van der Waals surface area contributed by atoms with Gasteiger partial charge >= 0.3 is 12.1 Å². The minimum Gasteiger partial charge on any atom is -0.493 e. The predicted octanol–water partition coefficient (Wildman–Crippen LogP) is 1.48. The van der Waals surface area contributed by atoms with E-state index in [0.717, 1.165) is 48.1 Å². The molecule has 1 unspecified atom stereocenters. The van der Waals surface area contributed by atoms with Crippen LogP contribution < -0.4 is 36.1 Å². The average molecular weight is 866 g/mol. The second-order valence-electron chi connectivity index (χ2n) is 13.8. The van der Waals surface area contributed by atoms with Crippen LogP contribution >= 0.6 is 11.8 Å². The van der Waals surface area contributed by atoms with Crippen molar-refractivity contribution in [2.45, 2.75) is 68.9 Å². The Morgan fingerprint density at radius 2 is 1.48 bits per heavy atom. The Morgan fingerprint density at radius 1 is 0.850 bits per heavy atom. The fourth-order valence-corrected chi connectivity index (χ4v) is 7.98. The molecule has 332 valence electrons. The molecule has 2 saturated heterocycles. The number of rotatable bonds is 29. The number of thioether (sulfide) groups is 1. The Kier molecular flexibility index (Phi) is 20.1. The van der Waals surface area contributed by atoms with E-state index in [4.69, 9.17) is 28.4 Å². The number of benzene rings is 1. The first-order valence-corrected chi connectivity index (χ1v) is 20.9. The quantitative estimate of drug-likeness (QED) is 0.0251. The van der Waals surface area contributed by atoms with E-state index in [-0.39, 0.29) is 85.4 Å². The monoisotopic (exact) mass is 865 g/mol. The van der Waals surface area contributed by atoms with Crippen molar-refractivity contribution in [1.82, 2.24) is 31.5 Å². The van der Waals surface area contributed by atoms with Gasteiger partial charge in [-0.3, -0.25) is 34.2 Å². The number of methoxy groups -OCH3 is 1. The number of ether oxygens (including phenoxy) is 6. The number of nitrogens with one attached hydrogen (secondary N) is 5. The molecule has 22 heteroatoms. The van der Waals surface area contributed by atoms with Crippen molar-refractivity contribution in [3.8, 4) is 11.5 Å². The van der Waals surface area contributed by atoms with Crippen molar-refractivity contribution in [3.63, 3.8) is 0 Å². The van der Waals surface area contributed by atoms with Gasteiger partial charge < -0.3 is 55.0 Å². The van der Waals surface area contributed by atoms with Crippen LogP contribution in [0.2, 0.25) is 0 Å². The first-order valence-electron chi connectivity index (χ1n) is 19.9. The number of nitro groups is 1. The second-order valence-corrected chi connectivity index (χ2v) is 15.1. The lowest BCUT2D eigenvalue weighted by atomic mass is 10.0. The fraction of sp³-hybridized carbons (Fsp3) is 0.632. The molecule has 0 spiro atoms. The molecule has 0 aliphatic carbocycles. The van der Waals surface area contributed by atoms with Crippen molar-refractivity contribution < 1.29 is 62.1 Å². The number of carbonyl (C=O) groups is 6. The molecule has 3 aliphatic rings. The number of urea groups is 1. The molecule has 5 N–H and O–H groups in total. The van der Waals surface area contributed by atoms with Crippen LogP contribution in [-0.2, 0) is 38.1 Å². The van der Waals surface area contributed by atoms with Gasteiger partial charge in [-0.25, -0.2) is 9.59 Å². The topological polar surface area (TPSA) is 264 Å². The summed E-state index contributed by atoms with van der Waals surface area (Å²) in [6.45, 7) is 4.16. The van der Waals surface area contributed by atoms with Gasteiger partial charge in [0, 0.05) is 62.2 Å². The summed E-state index contributed by atoms with van der Waals surface area (Å²) >= 11 is 1.87. The zero-order valence-electron chi connectivity index (χ0n) is 33.9. The zero-order chi connectivity index (χ0) is 43.3. The van der Waals surface area contributed by atoms with Gasteiger partial charge in [-0.1, -0.05) is 6.42 Å². The van der Waals surface area contributed by atoms with Crippen LogP contribution in [0.4, 0.5) is 15.3 Å². The lowest BCUT2D eigenvalue weighted by molar-refractivity contribution is -0.386. The van der Waals surface area contributed by atoms with E-state index in [1.165, 1.54) is 20.1 Å². The van der Waals surface area contributed by atoms with Gasteiger partial charge in [0.1, 0.15) is 6.10 Å². The molecule has 1 aromatic carbocycles. The lowest BCUT2D eigenvalue weighted by Gasteiger charge is -2.18. The molecule has 0 aromatic heterocycles. The van der Waals surface area contributed by atoms with E-state index in [2.05, 4.69) is 26.6 Å². The van der Waals surface area contributed by atoms with E-state index >= 15 is 0 Å². The molecule has 7 amide bonds. The van der Waals surface area contributed by atoms with Crippen LogP contribution in [0, 0.1) is 10.1 Å².